The maximum atomic E-state index is 12.4. The zero-order valence-corrected chi connectivity index (χ0v) is 14.7. The number of morpholine rings is 1. The fourth-order valence-corrected chi connectivity index (χ4v) is 3.64. The summed E-state index contributed by atoms with van der Waals surface area (Å²) in [6.45, 7) is 3.11. The third kappa shape index (κ3) is 3.54. The van der Waals surface area contributed by atoms with E-state index in [1.807, 2.05) is 23.1 Å². The second-order valence-electron chi connectivity index (χ2n) is 6.70. The molecule has 7 nitrogen and oxygen atoms in total. The average Bonchev–Trinajstić information content (AvgIpc) is 3.08. The highest BCUT2D eigenvalue weighted by molar-refractivity contribution is 5.78. The van der Waals surface area contributed by atoms with Crippen LogP contribution in [0.1, 0.15) is 11.1 Å². The molecule has 7 heteroatoms. The van der Waals surface area contributed by atoms with Gasteiger partial charge in [-0.1, -0.05) is 30.3 Å². The Hall–Kier alpha value is -2.51. The molecule has 0 radical (unpaired) electrons. The lowest BCUT2D eigenvalue weighted by Gasteiger charge is -2.36. The van der Waals surface area contributed by atoms with Gasteiger partial charge in [0, 0.05) is 44.1 Å². The molecule has 2 atom stereocenters. The van der Waals surface area contributed by atoms with Crippen molar-refractivity contribution in [1.82, 2.24) is 19.8 Å². The van der Waals surface area contributed by atoms with Crippen LogP contribution in [0.5, 0.6) is 6.01 Å². The summed E-state index contributed by atoms with van der Waals surface area (Å²) in [5, 5.41) is 0. The number of hydrogen-bond acceptors (Lipinski definition) is 6. The Kier molecular flexibility index (Phi) is 4.81. The number of ether oxygens (including phenoxy) is 2. The maximum Gasteiger partial charge on any atom is 0.316 e. The van der Waals surface area contributed by atoms with Crippen LogP contribution in [0.4, 0.5) is 0 Å². The van der Waals surface area contributed by atoms with Crippen molar-refractivity contribution >= 4 is 5.91 Å². The van der Waals surface area contributed by atoms with E-state index in [-0.39, 0.29) is 24.7 Å². The van der Waals surface area contributed by atoms with Crippen LogP contribution in [0.25, 0.3) is 0 Å². The maximum absolute atomic E-state index is 12.4. The van der Waals surface area contributed by atoms with E-state index in [1.165, 1.54) is 0 Å². The minimum Gasteiger partial charge on any atom is -0.467 e. The Morgan fingerprint density at radius 2 is 1.88 bits per heavy atom. The van der Waals surface area contributed by atoms with Gasteiger partial charge in [0.2, 0.25) is 5.91 Å². The van der Waals surface area contributed by atoms with Crippen molar-refractivity contribution in [2.45, 2.75) is 25.2 Å². The minimum atomic E-state index is 0.0515. The van der Waals surface area contributed by atoms with E-state index in [0.717, 1.165) is 30.8 Å². The number of carbonyl (C=O) groups excluding carboxylic acids is 1. The highest BCUT2D eigenvalue weighted by Crippen LogP contribution is 2.26. The predicted octanol–water partition coefficient (Wildman–Crippen LogP) is 1.10. The van der Waals surface area contributed by atoms with Gasteiger partial charge in [0.25, 0.3) is 0 Å². The number of nitrogens with zero attached hydrogens (tertiary/aromatic N) is 4. The molecule has 0 saturated carbocycles. The SMILES string of the molecule is COc1ncc(CN2C[C@@H]3[C@@H](C2)OCC(=O)N3Cc2ccccc2)cn1. The van der Waals surface area contributed by atoms with Crippen LogP contribution in [0, 0.1) is 0 Å². The normalized spacial score (nSPS) is 23.1. The first kappa shape index (κ1) is 16.9. The molecule has 1 aromatic carbocycles. The molecule has 4 rings (SSSR count). The second-order valence-corrected chi connectivity index (χ2v) is 6.70. The molecular formula is C19H22N4O3. The highest BCUT2D eigenvalue weighted by Gasteiger charge is 2.42. The molecule has 2 saturated heterocycles. The Labute approximate surface area is 152 Å². The predicted molar refractivity (Wildman–Crippen MR) is 94.4 cm³/mol. The van der Waals surface area contributed by atoms with Crippen molar-refractivity contribution in [2.24, 2.45) is 0 Å². The van der Waals surface area contributed by atoms with Crippen LogP contribution in [0.2, 0.25) is 0 Å². The number of rotatable bonds is 5. The fraction of sp³-hybridized carbons (Fsp3) is 0.421. The summed E-state index contributed by atoms with van der Waals surface area (Å²) in [6.07, 6.45) is 3.61. The quantitative estimate of drug-likeness (QED) is 0.801. The smallest absolute Gasteiger partial charge is 0.316 e. The van der Waals surface area contributed by atoms with E-state index in [9.17, 15) is 4.79 Å². The molecule has 0 aliphatic carbocycles. The fourth-order valence-electron chi connectivity index (χ4n) is 3.64. The topological polar surface area (TPSA) is 67.8 Å². The van der Waals surface area contributed by atoms with Crippen LogP contribution in [-0.4, -0.2) is 64.6 Å². The molecule has 2 fully saturated rings. The van der Waals surface area contributed by atoms with E-state index in [4.69, 9.17) is 9.47 Å². The molecule has 0 spiro atoms. The highest BCUT2D eigenvalue weighted by atomic mass is 16.5. The van der Waals surface area contributed by atoms with Gasteiger partial charge in [-0.05, 0) is 5.56 Å². The van der Waals surface area contributed by atoms with Crippen LogP contribution in [0.15, 0.2) is 42.7 Å². The molecule has 3 heterocycles. The van der Waals surface area contributed by atoms with Gasteiger partial charge >= 0.3 is 6.01 Å². The largest absolute Gasteiger partial charge is 0.467 e. The molecule has 136 valence electrons. The average molecular weight is 354 g/mol. The summed E-state index contributed by atoms with van der Waals surface area (Å²) in [4.78, 5) is 25.0. The van der Waals surface area contributed by atoms with Gasteiger partial charge in [-0.25, -0.2) is 9.97 Å². The third-order valence-corrected chi connectivity index (χ3v) is 4.92. The molecule has 2 aliphatic rings. The van der Waals surface area contributed by atoms with Crippen molar-refractivity contribution < 1.29 is 14.3 Å². The lowest BCUT2D eigenvalue weighted by molar-refractivity contribution is -0.153. The molecule has 0 unspecified atom stereocenters. The summed E-state index contributed by atoms with van der Waals surface area (Å²) >= 11 is 0. The Morgan fingerprint density at radius 1 is 1.12 bits per heavy atom. The third-order valence-electron chi connectivity index (χ3n) is 4.92. The Morgan fingerprint density at radius 3 is 2.62 bits per heavy atom. The summed E-state index contributed by atoms with van der Waals surface area (Å²) in [7, 11) is 1.55. The van der Waals surface area contributed by atoms with Crippen molar-refractivity contribution in [3.8, 4) is 6.01 Å². The van der Waals surface area contributed by atoms with Gasteiger partial charge in [0.1, 0.15) is 6.61 Å². The molecule has 0 bridgehead atoms. The lowest BCUT2D eigenvalue weighted by Crippen LogP contribution is -2.53. The van der Waals surface area contributed by atoms with Gasteiger partial charge in [0.15, 0.2) is 0 Å². The van der Waals surface area contributed by atoms with Crippen LogP contribution < -0.4 is 4.74 Å². The van der Waals surface area contributed by atoms with Crippen LogP contribution in [-0.2, 0) is 22.6 Å². The number of amides is 1. The molecular weight excluding hydrogens is 332 g/mol. The zero-order chi connectivity index (χ0) is 17.9. The first-order valence-electron chi connectivity index (χ1n) is 8.75. The van der Waals surface area contributed by atoms with Gasteiger partial charge in [-0.2, -0.15) is 0 Å². The number of fused-ring (bicyclic) bond motifs is 1. The van der Waals surface area contributed by atoms with E-state index in [1.54, 1.807) is 19.5 Å². The summed E-state index contributed by atoms with van der Waals surface area (Å²) in [6, 6.07) is 10.5. The van der Waals surface area contributed by atoms with Gasteiger partial charge in [0.05, 0.1) is 19.3 Å². The minimum absolute atomic E-state index is 0.0515. The summed E-state index contributed by atoms with van der Waals surface area (Å²) in [5.41, 5.74) is 2.16. The summed E-state index contributed by atoms with van der Waals surface area (Å²) < 4.78 is 10.8. The van der Waals surface area contributed by atoms with Crippen molar-refractivity contribution in [3.05, 3.63) is 53.9 Å². The lowest BCUT2D eigenvalue weighted by atomic mass is 10.1. The van der Waals surface area contributed by atoms with Crippen molar-refractivity contribution in [2.75, 3.05) is 26.8 Å². The van der Waals surface area contributed by atoms with Gasteiger partial charge < -0.3 is 14.4 Å². The molecule has 1 amide bonds. The number of aromatic nitrogens is 2. The number of methoxy groups -OCH3 is 1. The molecule has 26 heavy (non-hydrogen) atoms. The first-order valence-corrected chi connectivity index (χ1v) is 8.75. The van der Waals surface area contributed by atoms with Crippen molar-refractivity contribution in [3.63, 3.8) is 0 Å². The first-order chi connectivity index (χ1) is 12.7. The van der Waals surface area contributed by atoms with E-state index in [0.29, 0.717) is 12.6 Å². The molecule has 2 aromatic rings. The molecule has 2 aliphatic heterocycles. The second kappa shape index (κ2) is 7.39. The number of hydrogen-bond donors (Lipinski definition) is 0. The molecule has 1 aromatic heterocycles. The zero-order valence-electron chi connectivity index (χ0n) is 14.7. The Bertz CT molecular complexity index is 753. The standard InChI is InChI=1S/C19H22N4O3/c1-25-19-20-7-15(8-21-19)9-22-11-16-17(12-22)26-13-18(24)23(16)10-14-5-3-2-4-6-14/h2-8,16-17H,9-13H2,1H3/t16-,17-/m1/s1. The number of benzene rings is 1. The van der Waals surface area contributed by atoms with Gasteiger partial charge in [-0.3, -0.25) is 9.69 Å². The van der Waals surface area contributed by atoms with Crippen LogP contribution in [0.3, 0.4) is 0 Å². The van der Waals surface area contributed by atoms with Crippen LogP contribution >= 0.6 is 0 Å². The molecule has 0 N–H and O–H groups in total. The summed E-state index contributed by atoms with van der Waals surface area (Å²) in [5.74, 6) is 0.0599. The van der Waals surface area contributed by atoms with E-state index >= 15 is 0 Å². The number of carbonyl (C=O) groups is 1. The van der Waals surface area contributed by atoms with E-state index in [2.05, 4.69) is 27.0 Å². The van der Waals surface area contributed by atoms with E-state index < -0.39 is 0 Å². The monoisotopic (exact) mass is 354 g/mol. The number of likely N-dealkylation sites (tertiary alicyclic amines) is 1. The Balaban J connectivity index is 1.44. The van der Waals surface area contributed by atoms with Crippen molar-refractivity contribution in [1.29, 1.82) is 0 Å². The van der Waals surface area contributed by atoms with Gasteiger partial charge in [-0.15, -0.1) is 0 Å².